The third kappa shape index (κ3) is 4.17. The Morgan fingerprint density at radius 3 is 2.61 bits per heavy atom. The van der Waals surface area contributed by atoms with Crippen molar-refractivity contribution in [2.24, 2.45) is 0 Å². The summed E-state index contributed by atoms with van der Waals surface area (Å²) in [4.78, 5) is 16.5. The van der Waals surface area contributed by atoms with E-state index in [0.29, 0.717) is 21.2 Å². The molecule has 166 valence electrons. The van der Waals surface area contributed by atoms with Crippen LogP contribution in [0.25, 0.3) is 32.7 Å². The van der Waals surface area contributed by atoms with Crippen LogP contribution in [-0.4, -0.2) is 20.8 Å². The number of nitrogens with zero attached hydrogens (tertiary/aromatic N) is 2. The van der Waals surface area contributed by atoms with Gasteiger partial charge in [0.1, 0.15) is 10.6 Å². The summed E-state index contributed by atoms with van der Waals surface area (Å²) in [5.74, 6) is -1.41. The molecule has 0 aliphatic rings. The summed E-state index contributed by atoms with van der Waals surface area (Å²) in [5.41, 5.74) is 3.34. The van der Waals surface area contributed by atoms with Gasteiger partial charge in [0.2, 0.25) is 0 Å². The first kappa shape index (κ1) is 22.8. The fraction of sp³-hybridized carbons (Fsp3) is 0.222. The van der Waals surface area contributed by atoms with Gasteiger partial charge in [0.15, 0.2) is 0 Å². The molecule has 0 unspecified atom stereocenters. The maximum atomic E-state index is 15.1. The Labute approximate surface area is 196 Å². The zero-order valence-electron chi connectivity index (χ0n) is 18.6. The van der Waals surface area contributed by atoms with Crippen molar-refractivity contribution >= 4 is 39.3 Å². The summed E-state index contributed by atoms with van der Waals surface area (Å²) in [6.45, 7) is 5.30. The summed E-state index contributed by atoms with van der Waals surface area (Å²) >= 11 is 1.10. The number of aryl methyl sites for hydroxylation is 1. The smallest absolute Gasteiger partial charge is 0.319 e. The molecule has 0 aliphatic heterocycles. The van der Waals surface area contributed by atoms with Gasteiger partial charge in [-0.05, 0) is 60.4 Å². The second kappa shape index (κ2) is 8.84. The molecule has 4 nitrogen and oxygen atoms in total. The van der Waals surface area contributed by atoms with E-state index in [0.717, 1.165) is 52.1 Å². The van der Waals surface area contributed by atoms with Crippen LogP contribution in [0.3, 0.4) is 0 Å². The van der Waals surface area contributed by atoms with Crippen LogP contribution in [0.1, 0.15) is 38.3 Å². The molecule has 0 amide bonds. The molecule has 1 N–H and O–H groups in total. The molecule has 0 radical (unpaired) electrons. The third-order valence-electron chi connectivity index (χ3n) is 5.75. The predicted octanol–water partition coefficient (Wildman–Crippen LogP) is 6.97. The molecule has 4 aromatic rings. The normalized spacial score (nSPS) is 11.6. The van der Waals surface area contributed by atoms with E-state index in [1.807, 2.05) is 24.3 Å². The number of aliphatic carboxylic acids is 1. The summed E-state index contributed by atoms with van der Waals surface area (Å²) in [6, 6.07) is 15.1. The van der Waals surface area contributed by atoms with Gasteiger partial charge in [0.25, 0.3) is 0 Å². The van der Waals surface area contributed by atoms with Crippen LogP contribution in [-0.2, 0) is 11.2 Å². The first-order valence-electron chi connectivity index (χ1n) is 10.7. The molecule has 0 aliphatic carbocycles. The number of benzene rings is 3. The molecule has 1 aromatic heterocycles. The van der Waals surface area contributed by atoms with Crippen LogP contribution < -0.4 is 0 Å². The van der Waals surface area contributed by atoms with Gasteiger partial charge < -0.3 is 5.11 Å². The zero-order chi connectivity index (χ0) is 23.8. The number of hydrogen-bond donors (Lipinski definition) is 1. The molecule has 0 bridgehead atoms. The second-order valence-corrected chi connectivity index (χ2v) is 10.2. The van der Waals surface area contributed by atoms with Crippen molar-refractivity contribution in [2.45, 2.75) is 43.3 Å². The van der Waals surface area contributed by atoms with Gasteiger partial charge in [-0.1, -0.05) is 37.6 Å². The highest BCUT2D eigenvalue weighted by atomic mass is 32.2. The molecule has 33 heavy (non-hydrogen) atoms. The number of rotatable bonds is 6. The van der Waals surface area contributed by atoms with Crippen molar-refractivity contribution in [1.29, 1.82) is 5.26 Å². The number of carbonyl (C=O) groups is 1. The second-order valence-electron chi connectivity index (χ2n) is 8.47. The van der Waals surface area contributed by atoms with Crippen molar-refractivity contribution in [2.75, 3.05) is 0 Å². The maximum Gasteiger partial charge on any atom is 0.319 e. The Balaban J connectivity index is 2.03. The first-order valence-corrected chi connectivity index (χ1v) is 11.5. The minimum atomic E-state index is -1.11. The number of aromatic nitrogens is 1. The number of nitriles is 1. The monoisotopic (exact) mass is 458 g/mol. The maximum absolute atomic E-state index is 15.1. The Morgan fingerprint density at radius 2 is 1.91 bits per heavy atom. The SMILES string of the molecule is CCCc1cccc2c(C#N)ccc(-c3cncc4c(F)cc(SC(C)(C)C(=O)O)cc34)c12. The van der Waals surface area contributed by atoms with Gasteiger partial charge >= 0.3 is 5.97 Å². The minimum Gasteiger partial charge on any atom is -0.480 e. The van der Waals surface area contributed by atoms with Crippen LogP contribution in [0.15, 0.2) is 59.8 Å². The van der Waals surface area contributed by atoms with Crippen LogP contribution in [0.4, 0.5) is 4.39 Å². The van der Waals surface area contributed by atoms with Gasteiger partial charge in [0, 0.05) is 33.6 Å². The van der Waals surface area contributed by atoms with Crippen molar-refractivity contribution in [1.82, 2.24) is 4.98 Å². The number of carboxylic acid groups (broad SMARTS) is 1. The lowest BCUT2D eigenvalue weighted by Gasteiger charge is -2.19. The summed E-state index contributed by atoms with van der Waals surface area (Å²) in [5, 5.41) is 22.0. The number of hydrogen-bond acceptors (Lipinski definition) is 4. The zero-order valence-corrected chi connectivity index (χ0v) is 19.5. The lowest BCUT2D eigenvalue weighted by Crippen LogP contribution is -2.26. The summed E-state index contributed by atoms with van der Waals surface area (Å²) < 4.78 is 14.0. The summed E-state index contributed by atoms with van der Waals surface area (Å²) in [7, 11) is 0. The van der Waals surface area contributed by atoms with Crippen LogP contribution in [0.5, 0.6) is 0 Å². The molecule has 4 rings (SSSR count). The van der Waals surface area contributed by atoms with E-state index in [2.05, 4.69) is 24.0 Å². The van der Waals surface area contributed by atoms with Crippen molar-refractivity contribution in [3.8, 4) is 17.2 Å². The molecule has 3 aromatic carbocycles. The molecule has 0 spiro atoms. The van der Waals surface area contributed by atoms with E-state index in [1.165, 1.54) is 12.3 Å². The lowest BCUT2D eigenvalue weighted by molar-refractivity contribution is -0.138. The topological polar surface area (TPSA) is 74.0 Å². The van der Waals surface area contributed by atoms with Crippen molar-refractivity contribution < 1.29 is 14.3 Å². The lowest BCUT2D eigenvalue weighted by atomic mass is 9.89. The highest BCUT2D eigenvalue weighted by molar-refractivity contribution is 8.01. The Bertz CT molecular complexity index is 1440. The highest BCUT2D eigenvalue weighted by Gasteiger charge is 2.29. The van der Waals surface area contributed by atoms with Crippen LogP contribution in [0.2, 0.25) is 0 Å². The molecule has 0 saturated carbocycles. The van der Waals surface area contributed by atoms with Gasteiger partial charge in [-0.15, -0.1) is 11.8 Å². The Hall–Kier alpha value is -3.43. The van der Waals surface area contributed by atoms with Gasteiger partial charge in [-0.25, -0.2) is 4.39 Å². The molecule has 0 saturated heterocycles. The van der Waals surface area contributed by atoms with Crippen LogP contribution in [0, 0.1) is 17.1 Å². The van der Waals surface area contributed by atoms with Gasteiger partial charge in [-0.2, -0.15) is 5.26 Å². The van der Waals surface area contributed by atoms with Crippen molar-refractivity contribution in [3.63, 3.8) is 0 Å². The fourth-order valence-electron chi connectivity index (χ4n) is 4.10. The average molecular weight is 459 g/mol. The molecule has 0 fully saturated rings. The first-order chi connectivity index (χ1) is 15.8. The van der Waals surface area contributed by atoms with E-state index < -0.39 is 16.5 Å². The number of pyridine rings is 1. The van der Waals surface area contributed by atoms with E-state index in [4.69, 9.17) is 0 Å². The van der Waals surface area contributed by atoms with E-state index in [1.54, 1.807) is 26.1 Å². The van der Waals surface area contributed by atoms with Gasteiger partial charge in [-0.3, -0.25) is 9.78 Å². The molecular weight excluding hydrogens is 435 g/mol. The predicted molar refractivity (Wildman–Crippen MR) is 131 cm³/mol. The van der Waals surface area contributed by atoms with E-state index in [-0.39, 0.29) is 0 Å². The highest BCUT2D eigenvalue weighted by Crippen LogP contribution is 2.40. The quantitative estimate of drug-likeness (QED) is 0.316. The molecule has 0 atom stereocenters. The third-order valence-corrected chi connectivity index (χ3v) is 6.90. The number of halogens is 1. The van der Waals surface area contributed by atoms with E-state index in [9.17, 15) is 15.2 Å². The Kier molecular flexibility index (Phi) is 6.09. The number of thioether (sulfide) groups is 1. The largest absolute Gasteiger partial charge is 0.480 e. The number of fused-ring (bicyclic) bond motifs is 2. The van der Waals surface area contributed by atoms with E-state index >= 15 is 4.39 Å². The standard InChI is InChI=1S/C27H23FN2O2S/c1-4-6-16-7-5-8-19-17(13-29)9-10-20(25(16)19)22-14-30-15-23-21(22)11-18(12-24(23)28)33-27(2,3)26(31)32/h5,7-12,14-15H,4,6H2,1-3H3,(H,31,32). The minimum absolute atomic E-state index is 0.371. The average Bonchev–Trinajstić information content (AvgIpc) is 2.78. The molecule has 6 heteroatoms. The molecule has 1 heterocycles. The number of carboxylic acids is 1. The molecular formula is C27H23FN2O2S. The van der Waals surface area contributed by atoms with Gasteiger partial charge in [0.05, 0.1) is 11.6 Å². The fourth-order valence-corrected chi connectivity index (χ4v) is 5.11. The van der Waals surface area contributed by atoms with Crippen LogP contribution >= 0.6 is 11.8 Å². The summed E-state index contributed by atoms with van der Waals surface area (Å²) in [6.07, 6.45) is 4.99. The Morgan fingerprint density at radius 1 is 1.12 bits per heavy atom. The van der Waals surface area contributed by atoms with Crippen molar-refractivity contribution in [3.05, 3.63) is 71.8 Å².